The van der Waals surface area contributed by atoms with Gasteiger partial charge in [-0.3, -0.25) is 0 Å². The third-order valence-corrected chi connectivity index (χ3v) is 3.77. The quantitative estimate of drug-likeness (QED) is 0.855. The lowest BCUT2D eigenvalue weighted by Gasteiger charge is -2.17. The average molecular weight is 237 g/mol. The predicted octanol–water partition coefficient (Wildman–Crippen LogP) is 2.51. The van der Waals surface area contributed by atoms with Gasteiger partial charge >= 0.3 is 0 Å². The van der Waals surface area contributed by atoms with Crippen molar-refractivity contribution in [1.82, 2.24) is 15.5 Å². The van der Waals surface area contributed by atoms with E-state index < -0.39 is 0 Å². The molecule has 0 aromatic carbocycles. The molecule has 0 aliphatic heterocycles. The minimum absolute atomic E-state index is 0.409. The Bertz CT molecular complexity index is 342. The molecule has 2 rings (SSSR count). The van der Waals surface area contributed by atoms with E-state index in [1.165, 1.54) is 25.7 Å². The standard InChI is InChI=1S/C13H23N3O/c1-9(2)11(14-3)8-12-15-13(16-17-12)10-6-4-5-7-10/h9-11,14H,4-8H2,1-3H3. The summed E-state index contributed by atoms with van der Waals surface area (Å²) in [5.41, 5.74) is 0. The van der Waals surface area contributed by atoms with Gasteiger partial charge in [-0.2, -0.15) is 4.98 Å². The van der Waals surface area contributed by atoms with E-state index in [9.17, 15) is 0 Å². The molecule has 0 amide bonds. The SMILES string of the molecule is CNC(Cc1nc(C2CCCC2)no1)C(C)C. The Morgan fingerprint density at radius 3 is 2.65 bits per heavy atom. The first-order valence-electron chi connectivity index (χ1n) is 6.70. The van der Waals surface area contributed by atoms with Crippen LogP contribution in [0.3, 0.4) is 0 Å². The average Bonchev–Trinajstić information content (AvgIpc) is 2.95. The molecule has 1 aromatic heterocycles. The maximum absolute atomic E-state index is 5.36. The molecule has 1 aromatic rings. The summed E-state index contributed by atoms with van der Waals surface area (Å²) in [6.45, 7) is 4.41. The van der Waals surface area contributed by atoms with Crippen molar-refractivity contribution in [3.63, 3.8) is 0 Å². The first kappa shape index (κ1) is 12.6. The summed E-state index contributed by atoms with van der Waals surface area (Å²) in [5.74, 6) is 2.82. The van der Waals surface area contributed by atoms with E-state index in [-0.39, 0.29) is 0 Å². The van der Waals surface area contributed by atoms with Gasteiger partial charge in [0.05, 0.1) is 0 Å². The highest BCUT2D eigenvalue weighted by Crippen LogP contribution is 2.32. The second-order valence-electron chi connectivity index (χ2n) is 5.37. The molecule has 96 valence electrons. The highest BCUT2D eigenvalue weighted by molar-refractivity contribution is 4.99. The second kappa shape index (κ2) is 5.63. The van der Waals surface area contributed by atoms with Gasteiger partial charge in [-0.25, -0.2) is 0 Å². The molecule has 4 nitrogen and oxygen atoms in total. The normalized spacial score (nSPS) is 19.1. The van der Waals surface area contributed by atoms with E-state index in [0.717, 1.165) is 18.1 Å². The van der Waals surface area contributed by atoms with Crippen LogP contribution < -0.4 is 5.32 Å². The maximum atomic E-state index is 5.36. The van der Waals surface area contributed by atoms with E-state index in [4.69, 9.17) is 4.52 Å². The predicted molar refractivity (Wildman–Crippen MR) is 66.9 cm³/mol. The van der Waals surface area contributed by atoms with Gasteiger partial charge in [0.25, 0.3) is 0 Å². The van der Waals surface area contributed by atoms with Crippen molar-refractivity contribution < 1.29 is 4.52 Å². The molecule has 1 fully saturated rings. The van der Waals surface area contributed by atoms with E-state index in [0.29, 0.717) is 17.9 Å². The van der Waals surface area contributed by atoms with Crippen LogP contribution in [0.2, 0.25) is 0 Å². The van der Waals surface area contributed by atoms with Crippen molar-refractivity contribution in [1.29, 1.82) is 0 Å². The summed E-state index contributed by atoms with van der Waals surface area (Å²) in [6, 6.07) is 0.409. The molecule has 1 heterocycles. The summed E-state index contributed by atoms with van der Waals surface area (Å²) in [7, 11) is 1.99. The molecular formula is C13H23N3O. The number of hydrogen-bond acceptors (Lipinski definition) is 4. The summed E-state index contributed by atoms with van der Waals surface area (Å²) in [4.78, 5) is 4.54. The number of likely N-dealkylation sites (N-methyl/N-ethyl adjacent to an activating group) is 1. The fraction of sp³-hybridized carbons (Fsp3) is 0.846. The van der Waals surface area contributed by atoms with E-state index >= 15 is 0 Å². The van der Waals surface area contributed by atoms with Gasteiger partial charge < -0.3 is 9.84 Å². The van der Waals surface area contributed by atoms with Crippen molar-refractivity contribution in [2.45, 2.75) is 57.9 Å². The van der Waals surface area contributed by atoms with Crippen LogP contribution in [0.1, 0.15) is 57.2 Å². The molecule has 1 N–H and O–H groups in total. The molecule has 1 aliphatic rings. The lowest BCUT2D eigenvalue weighted by molar-refractivity contribution is 0.331. The molecule has 1 saturated carbocycles. The van der Waals surface area contributed by atoms with Crippen molar-refractivity contribution in [2.24, 2.45) is 5.92 Å². The zero-order valence-corrected chi connectivity index (χ0v) is 11.1. The van der Waals surface area contributed by atoms with Gasteiger partial charge in [0.15, 0.2) is 5.82 Å². The first-order valence-corrected chi connectivity index (χ1v) is 6.70. The molecule has 17 heavy (non-hydrogen) atoms. The summed E-state index contributed by atoms with van der Waals surface area (Å²) >= 11 is 0. The fourth-order valence-electron chi connectivity index (χ4n) is 2.56. The third-order valence-electron chi connectivity index (χ3n) is 3.77. The van der Waals surface area contributed by atoms with Crippen molar-refractivity contribution in [3.05, 3.63) is 11.7 Å². The Morgan fingerprint density at radius 1 is 1.35 bits per heavy atom. The Balaban J connectivity index is 1.97. The summed E-state index contributed by atoms with van der Waals surface area (Å²) < 4.78 is 5.36. The van der Waals surface area contributed by atoms with E-state index in [1.54, 1.807) is 0 Å². The molecule has 1 atom stereocenters. The molecule has 0 bridgehead atoms. The molecular weight excluding hydrogens is 214 g/mol. The van der Waals surface area contributed by atoms with Crippen LogP contribution in [0.5, 0.6) is 0 Å². The highest BCUT2D eigenvalue weighted by atomic mass is 16.5. The molecule has 0 radical (unpaired) electrons. The van der Waals surface area contributed by atoms with Gasteiger partial charge in [0.1, 0.15) is 0 Å². The van der Waals surface area contributed by atoms with Gasteiger partial charge in [-0.15, -0.1) is 0 Å². The number of hydrogen-bond donors (Lipinski definition) is 1. The minimum atomic E-state index is 0.409. The molecule has 1 aliphatic carbocycles. The number of nitrogens with one attached hydrogen (secondary N) is 1. The molecule has 0 saturated heterocycles. The van der Waals surface area contributed by atoms with Gasteiger partial charge in [-0.1, -0.05) is 31.8 Å². The summed E-state index contributed by atoms with van der Waals surface area (Å²) in [6.07, 6.45) is 5.88. The Kier molecular flexibility index (Phi) is 4.15. The fourth-order valence-corrected chi connectivity index (χ4v) is 2.56. The lowest BCUT2D eigenvalue weighted by atomic mass is 10.0. The lowest BCUT2D eigenvalue weighted by Crippen LogP contribution is -2.32. The zero-order chi connectivity index (χ0) is 12.3. The molecule has 4 heteroatoms. The Morgan fingerprint density at radius 2 is 2.06 bits per heavy atom. The Labute approximate surface area is 103 Å². The maximum Gasteiger partial charge on any atom is 0.228 e. The highest BCUT2D eigenvalue weighted by Gasteiger charge is 2.23. The number of aromatic nitrogens is 2. The van der Waals surface area contributed by atoms with Crippen molar-refractivity contribution in [3.8, 4) is 0 Å². The van der Waals surface area contributed by atoms with Gasteiger partial charge in [0, 0.05) is 18.4 Å². The molecule has 0 spiro atoms. The number of nitrogens with zero attached hydrogens (tertiary/aromatic N) is 2. The smallest absolute Gasteiger partial charge is 0.228 e. The van der Waals surface area contributed by atoms with Crippen molar-refractivity contribution in [2.75, 3.05) is 7.05 Å². The molecule has 1 unspecified atom stereocenters. The van der Waals surface area contributed by atoms with Crippen LogP contribution in [0.25, 0.3) is 0 Å². The van der Waals surface area contributed by atoms with Crippen LogP contribution in [-0.4, -0.2) is 23.2 Å². The van der Waals surface area contributed by atoms with E-state index in [2.05, 4.69) is 29.3 Å². The third kappa shape index (κ3) is 3.06. The largest absolute Gasteiger partial charge is 0.339 e. The Hall–Kier alpha value is -0.900. The van der Waals surface area contributed by atoms with E-state index in [1.807, 2.05) is 7.05 Å². The van der Waals surface area contributed by atoms with Crippen LogP contribution >= 0.6 is 0 Å². The van der Waals surface area contributed by atoms with Crippen LogP contribution in [0, 0.1) is 5.92 Å². The second-order valence-corrected chi connectivity index (χ2v) is 5.37. The van der Waals surface area contributed by atoms with Crippen LogP contribution in [-0.2, 0) is 6.42 Å². The van der Waals surface area contributed by atoms with Gasteiger partial charge in [0.2, 0.25) is 5.89 Å². The minimum Gasteiger partial charge on any atom is -0.339 e. The monoisotopic (exact) mass is 237 g/mol. The van der Waals surface area contributed by atoms with Crippen molar-refractivity contribution >= 4 is 0 Å². The van der Waals surface area contributed by atoms with Crippen LogP contribution in [0.15, 0.2) is 4.52 Å². The zero-order valence-electron chi connectivity index (χ0n) is 11.1. The topological polar surface area (TPSA) is 51.0 Å². The first-order chi connectivity index (χ1) is 8.20. The van der Waals surface area contributed by atoms with Crippen LogP contribution in [0.4, 0.5) is 0 Å². The number of rotatable bonds is 5. The van der Waals surface area contributed by atoms with Gasteiger partial charge in [-0.05, 0) is 25.8 Å². The summed E-state index contributed by atoms with van der Waals surface area (Å²) in [5, 5.41) is 7.43.